The molecule has 16 heavy (non-hydrogen) atoms. The van der Waals surface area contributed by atoms with Crippen molar-refractivity contribution in [2.24, 2.45) is 0 Å². The molecule has 1 heterocycles. The van der Waals surface area contributed by atoms with E-state index in [4.69, 9.17) is 5.11 Å². The summed E-state index contributed by atoms with van der Waals surface area (Å²) in [7, 11) is 0. The molecule has 2 N–H and O–H groups in total. The lowest BCUT2D eigenvalue weighted by Crippen LogP contribution is -2.26. The van der Waals surface area contributed by atoms with Gasteiger partial charge in [0.25, 0.3) is 0 Å². The summed E-state index contributed by atoms with van der Waals surface area (Å²) in [5, 5.41) is 11.6. The maximum atomic E-state index is 11.5. The van der Waals surface area contributed by atoms with Crippen molar-refractivity contribution in [3.8, 4) is 0 Å². The number of rotatable bonds is 3. The van der Waals surface area contributed by atoms with Crippen LogP contribution >= 0.6 is 23.5 Å². The van der Waals surface area contributed by atoms with Crippen LogP contribution in [-0.4, -0.2) is 28.6 Å². The third-order valence-electron chi connectivity index (χ3n) is 2.24. The van der Waals surface area contributed by atoms with Gasteiger partial charge in [-0.3, -0.25) is 4.79 Å². The van der Waals surface area contributed by atoms with Gasteiger partial charge >= 0.3 is 0 Å². The van der Waals surface area contributed by atoms with Gasteiger partial charge in [-0.25, -0.2) is 0 Å². The summed E-state index contributed by atoms with van der Waals surface area (Å²) < 4.78 is 0. The maximum Gasteiger partial charge on any atom is 0.237 e. The van der Waals surface area contributed by atoms with E-state index in [9.17, 15) is 4.79 Å². The molecule has 1 aromatic carbocycles. The Kier molecular flexibility index (Phi) is 3.78. The normalized spacial score (nSPS) is 19.1. The monoisotopic (exact) mass is 255 g/mol. The van der Waals surface area contributed by atoms with Crippen molar-refractivity contribution in [1.82, 2.24) is 0 Å². The smallest absolute Gasteiger partial charge is 0.237 e. The van der Waals surface area contributed by atoms with Gasteiger partial charge in [0.2, 0.25) is 5.91 Å². The second-order valence-electron chi connectivity index (χ2n) is 3.48. The van der Waals surface area contributed by atoms with Crippen LogP contribution in [0.4, 0.5) is 5.69 Å². The Hall–Kier alpha value is -0.650. The van der Waals surface area contributed by atoms with Gasteiger partial charge < -0.3 is 10.4 Å². The van der Waals surface area contributed by atoms with Crippen LogP contribution in [0.5, 0.6) is 0 Å². The van der Waals surface area contributed by atoms with Crippen molar-refractivity contribution in [3.05, 3.63) is 18.2 Å². The number of anilines is 1. The van der Waals surface area contributed by atoms with Crippen molar-refractivity contribution < 1.29 is 9.90 Å². The van der Waals surface area contributed by atoms with E-state index in [2.05, 4.69) is 5.32 Å². The SMILES string of the molecule is CC1Sc2ccc(SCCO)cc2NC1=O. The van der Waals surface area contributed by atoms with E-state index in [-0.39, 0.29) is 17.8 Å². The Balaban J connectivity index is 2.19. The van der Waals surface area contributed by atoms with Crippen LogP contribution in [-0.2, 0) is 4.79 Å². The van der Waals surface area contributed by atoms with E-state index in [1.165, 1.54) is 0 Å². The minimum absolute atomic E-state index is 0.0246. The summed E-state index contributed by atoms with van der Waals surface area (Å²) in [4.78, 5) is 13.7. The Morgan fingerprint density at radius 2 is 2.38 bits per heavy atom. The highest BCUT2D eigenvalue weighted by atomic mass is 32.2. The molecule has 2 rings (SSSR count). The number of carbonyl (C=O) groups excluding carboxylic acids is 1. The molecule has 0 aromatic heterocycles. The van der Waals surface area contributed by atoms with E-state index >= 15 is 0 Å². The Bertz CT molecular complexity index is 409. The molecule has 0 radical (unpaired) electrons. The minimum Gasteiger partial charge on any atom is -0.396 e. The predicted molar refractivity (Wildman–Crippen MR) is 68.2 cm³/mol. The van der Waals surface area contributed by atoms with Crippen LogP contribution in [0, 0.1) is 0 Å². The standard InChI is InChI=1S/C11H13NO2S2/c1-7-11(14)12-9-6-8(15-5-4-13)2-3-10(9)16-7/h2-3,6-7,13H,4-5H2,1H3,(H,12,14). The molecule has 1 aromatic rings. The third kappa shape index (κ3) is 2.53. The summed E-state index contributed by atoms with van der Waals surface area (Å²) >= 11 is 3.17. The molecule has 86 valence electrons. The molecule has 1 aliphatic rings. The van der Waals surface area contributed by atoms with Crippen LogP contribution in [0.1, 0.15) is 6.92 Å². The first-order chi connectivity index (χ1) is 7.70. The number of aliphatic hydroxyl groups excluding tert-OH is 1. The van der Waals surface area contributed by atoms with Crippen molar-refractivity contribution in [2.45, 2.75) is 22.0 Å². The molecular weight excluding hydrogens is 242 g/mol. The third-order valence-corrected chi connectivity index (χ3v) is 4.39. The van der Waals surface area contributed by atoms with E-state index in [0.29, 0.717) is 5.75 Å². The van der Waals surface area contributed by atoms with Gasteiger partial charge in [-0.15, -0.1) is 23.5 Å². The Labute approximate surface area is 103 Å². The fourth-order valence-electron chi connectivity index (χ4n) is 1.44. The zero-order valence-electron chi connectivity index (χ0n) is 8.90. The zero-order valence-corrected chi connectivity index (χ0v) is 10.5. The molecular formula is C11H13NO2S2. The predicted octanol–water partition coefficient (Wildman–Crippen LogP) is 2.20. The number of hydrogen-bond acceptors (Lipinski definition) is 4. The van der Waals surface area contributed by atoms with Crippen LogP contribution in [0.3, 0.4) is 0 Å². The molecule has 1 atom stereocenters. The molecule has 0 bridgehead atoms. The molecule has 3 nitrogen and oxygen atoms in total. The van der Waals surface area contributed by atoms with Crippen LogP contribution in [0.2, 0.25) is 0 Å². The summed E-state index contributed by atoms with van der Waals surface area (Å²) in [6.07, 6.45) is 0. The van der Waals surface area contributed by atoms with E-state index < -0.39 is 0 Å². The van der Waals surface area contributed by atoms with Gasteiger partial charge in [0.1, 0.15) is 0 Å². The number of hydrogen-bond donors (Lipinski definition) is 2. The van der Waals surface area contributed by atoms with E-state index in [0.717, 1.165) is 15.5 Å². The fourth-order valence-corrected chi connectivity index (χ4v) is 3.06. The number of fused-ring (bicyclic) bond motifs is 1. The molecule has 0 fully saturated rings. The lowest BCUT2D eigenvalue weighted by atomic mass is 10.3. The highest BCUT2D eigenvalue weighted by molar-refractivity contribution is 8.01. The molecule has 1 aliphatic heterocycles. The Morgan fingerprint density at radius 3 is 3.12 bits per heavy atom. The van der Waals surface area contributed by atoms with Gasteiger partial charge in [-0.2, -0.15) is 0 Å². The van der Waals surface area contributed by atoms with E-state index in [1.807, 2.05) is 25.1 Å². The first kappa shape index (κ1) is 11.8. The summed E-state index contributed by atoms with van der Waals surface area (Å²) in [5.41, 5.74) is 0.885. The number of carbonyl (C=O) groups is 1. The van der Waals surface area contributed by atoms with Gasteiger partial charge in [0.15, 0.2) is 0 Å². The number of benzene rings is 1. The lowest BCUT2D eigenvalue weighted by Gasteiger charge is -2.21. The number of aliphatic hydroxyl groups is 1. The number of thioether (sulfide) groups is 2. The fraction of sp³-hybridized carbons (Fsp3) is 0.364. The number of amides is 1. The van der Waals surface area contributed by atoms with Gasteiger partial charge in [-0.1, -0.05) is 0 Å². The molecule has 1 unspecified atom stereocenters. The van der Waals surface area contributed by atoms with Crippen molar-refractivity contribution in [3.63, 3.8) is 0 Å². The van der Waals surface area contributed by atoms with E-state index in [1.54, 1.807) is 23.5 Å². The minimum atomic E-state index is -0.0246. The highest BCUT2D eigenvalue weighted by Crippen LogP contribution is 2.37. The zero-order chi connectivity index (χ0) is 11.5. The summed E-state index contributed by atoms with van der Waals surface area (Å²) in [5.74, 6) is 0.734. The van der Waals surface area contributed by atoms with Crippen molar-refractivity contribution in [1.29, 1.82) is 0 Å². The second-order valence-corrected chi connectivity index (χ2v) is 6.03. The second kappa shape index (κ2) is 5.12. The average molecular weight is 255 g/mol. The average Bonchev–Trinajstić information content (AvgIpc) is 2.28. The van der Waals surface area contributed by atoms with Crippen molar-refractivity contribution in [2.75, 3.05) is 17.7 Å². The van der Waals surface area contributed by atoms with Crippen LogP contribution in [0.15, 0.2) is 28.0 Å². The topological polar surface area (TPSA) is 49.3 Å². The number of nitrogens with one attached hydrogen (secondary N) is 1. The van der Waals surface area contributed by atoms with Crippen molar-refractivity contribution >= 4 is 35.1 Å². The van der Waals surface area contributed by atoms with Gasteiger partial charge in [0, 0.05) is 15.5 Å². The van der Waals surface area contributed by atoms with Crippen LogP contribution in [0.25, 0.3) is 0 Å². The highest BCUT2D eigenvalue weighted by Gasteiger charge is 2.22. The van der Waals surface area contributed by atoms with Gasteiger partial charge in [-0.05, 0) is 25.1 Å². The largest absolute Gasteiger partial charge is 0.396 e. The molecule has 0 aliphatic carbocycles. The maximum absolute atomic E-state index is 11.5. The van der Waals surface area contributed by atoms with Crippen LogP contribution < -0.4 is 5.32 Å². The first-order valence-corrected chi connectivity index (χ1v) is 6.92. The summed E-state index contributed by atoms with van der Waals surface area (Å²) in [6.45, 7) is 2.07. The van der Waals surface area contributed by atoms with Gasteiger partial charge in [0.05, 0.1) is 17.5 Å². The molecule has 0 saturated heterocycles. The molecule has 1 amide bonds. The summed E-state index contributed by atoms with van der Waals surface area (Å²) in [6, 6.07) is 6.01. The Morgan fingerprint density at radius 1 is 1.56 bits per heavy atom. The molecule has 0 spiro atoms. The quantitative estimate of drug-likeness (QED) is 0.813. The first-order valence-electron chi connectivity index (χ1n) is 5.06. The molecule has 0 saturated carbocycles. The lowest BCUT2D eigenvalue weighted by molar-refractivity contribution is -0.115. The molecule has 5 heteroatoms.